The van der Waals surface area contributed by atoms with Crippen molar-refractivity contribution in [3.05, 3.63) is 27.5 Å². The summed E-state index contributed by atoms with van der Waals surface area (Å²) in [5.74, 6) is -1.21. The Labute approximate surface area is 90.4 Å². The first-order chi connectivity index (χ1) is 7.18. The number of thiophene rings is 1. The molecule has 15 heavy (non-hydrogen) atoms. The van der Waals surface area contributed by atoms with Crippen molar-refractivity contribution in [2.75, 3.05) is 0 Å². The highest BCUT2D eigenvalue weighted by atomic mass is 32.1. The van der Waals surface area contributed by atoms with Crippen LogP contribution in [0, 0.1) is 5.92 Å². The van der Waals surface area contributed by atoms with Crippen LogP contribution in [0.5, 0.6) is 0 Å². The molecule has 1 fully saturated rings. The highest BCUT2D eigenvalue weighted by molar-refractivity contribution is 7.10. The monoisotopic (exact) mass is 220 g/mol. The van der Waals surface area contributed by atoms with E-state index in [9.17, 15) is 9.59 Å². The maximum Gasteiger partial charge on any atom is 0.342 e. The number of cyclic esters (lactones) is 2. The van der Waals surface area contributed by atoms with Crippen molar-refractivity contribution in [1.82, 2.24) is 0 Å². The summed E-state index contributed by atoms with van der Waals surface area (Å²) in [6.07, 6.45) is 0.615. The second-order valence-corrected chi connectivity index (χ2v) is 4.76. The second kappa shape index (κ2) is 2.79. The van der Waals surface area contributed by atoms with Crippen molar-refractivity contribution in [3.63, 3.8) is 0 Å². The molecule has 2 heterocycles. The van der Waals surface area contributed by atoms with E-state index < -0.39 is 11.9 Å². The maximum atomic E-state index is 11.5. The van der Waals surface area contributed by atoms with Crippen LogP contribution in [0.15, 0.2) is 17.0 Å². The van der Waals surface area contributed by atoms with Crippen LogP contribution in [0.4, 0.5) is 0 Å². The standard InChI is InChI=1S/C11H8O3S/c1-5-6-2-3-15-8(6)4-7-9(5)11(13)14-10(7)12/h2-3,7H,4H2,1H3. The van der Waals surface area contributed by atoms with Crippen molar-refractivity contribution in [2.45, 2.75) is 13.3 Å². The summed E-state index contributed by atoms with van der Waals surface area (Å²) in [4.78, 5) is 24.1. The quantitative estimate of drug-likeness (QED) is 0.494. The van der Waals surface area contributed by atoms with Crippen LogP contribution in [0.3, 0.4) is 0 Å². The molecule has 3 nitrogen and oxygen atoms in total. The van der Waals surface area contributed by atoms with Gasteiger partial charge in [-0.3, -0.25) is 4.79 Å². The van der Waals surface area contributed by atoms with E-state index in [4.69, 9.17) is 0 Å². The predicted octanol–water partition coefficient (Wildman–Crippen LogP) is 1.78. The average molecular weight is 220 g/mol. The fourth-order valence-electron chi connectivity index (χ4n) is 2.24. The Morgan fingerprint density at radius 2 is 2.27 bits per heavy atom. The fraction of sp³-hybridized carbons (Fsp3) is 0.273. The number of hydrogen-bond acceptors (Lipinski definition) is 4. The van der Waals surface area contributed by atoms with Crippen molar-refractivity contribution in [2.24, 2.45) is 5.92 Å². The van der Waals surface area contributed by atoms with Crippen LogP contribution in [0.1, 0.15) is 17.4 Å². The molecule has 1 aliphatic carbocycles. The van der Waals surface area contributed by atoms with E-state index in [1.54, 1.807) is 11.3 Å². The van der Waals surface area contributed by atoms with E-state index in [2.05, 4.69) is 4.74 Å². The molecule has 1 saturated heterocycles. The topological polar surface area (TPSA) is 43.4 Å². The van der Waals surface area contributed by atoms with Gasteiger partial charge in [0.15, 0.2) is 0 Å². The van der Waals surface area contributed by atoms with Gasteiger partial charge >= 0.3 is 11.9 Å². The molecule has 0 radical (unpaired) electrons. The van der Waals surface area contributed by atoms with Gasteiger partial charge in [-0.2, -0.15) is 0 Å². The Morgan fingerprint density at radius 1 is 1.47 bits per heavy atom. The van der Waals surface area contributed by atoms with E-state index >= 15 is 0 Å². The molecule has 0 aromatic carbocycles. The van der Waals surface area contributed by atoms with Gasteiger partial charge in [-0.15, -0.1) is 11.3 Å². The number of allylic oxidation sites excluding steroid dienone is 1. The van der Waals surface area contributed by atoms with Crippen LogP contribution >= 0.6 is 11.3 Å². The minimum atomic E-state index is -0.459. The van der Waals surface area contributed by atoms with Gasteiger partial charge in [-0.25, -0.2) is 4.79 Å². The van der Waals surface area contributed by atoms with Gasteiger partial charge in [0, 0.05) is 11.3 Å². The van der Waals surface area contributed by atoms with Crippen LogP contribution < -0.4 is 0 Å². The summed E-state index contributed by atoms with van der Waals surface area (Å²) in [6.45, 7) is 1.88. The molecule has 0 saturated carbocycles. The molecule has 1 aromatic rings. The predicted molar refractivity (Wildman–Crippen MR) is 55.2 cm³/mol. The molecule has 1 unspecified atom stereocenters. The minimum Gasteiger partial charge on any atom is -0.389 e. The molecule has 1 aromatic heterocycles. The van der Waals surface area contributed by atoms with Crippen molar-refractivity contribution in [3.8, 4) is 0 Å². The molecule has 0 N–H and O–H groups in total. The normalized spacial score (nSPS) is 23.9. The van der Waals surface area contributed by atoms with Gasteiger partial charge < -0.3 is 4.74 Å². The van der Waals surface area contributed by atoms with Gasteiger partial charge in [-0.1, -0.05) is 0 Å². The summed E-state index contributed by atoms with van der Waals surface area (Å²) in [5, 5.41) is 1.99. The third kappa shape index (κ3) is 1.05. The Hall–Kier alpha value is -1.42. The van der Waals surface area contributed by atoms with Crippen molar-refractivity contribution >= 4 is 28.8 Å². The smallest absolute Gasteiger partial charge is 0.342 e. The highest BCUT2D eigenvalue weighted by Crippen LogP contribution is 2.41. The van der Waals surface area contributed by atoms with Crippen molar-refractivity contribution in [1.29, 1.82) is 0 Å². The number of carbonyl (C=O) groups excluding carboxylic acids is 2. The van der Waals surface area contributed by atoms with E-state index in [1.807, 2.05) is 18.4 Å². The lowest BCUT2D eigenvalue weighted by Crippen LogP contribution is -2.16. The summed E-state index contributed by atoms with van der Waals surface area (Å²) in [5.41, 5.74) is 2.56. The van der Waals surface area contributed by atoms with E-state index in [0.717, 1.165) is 11.1 Å². The molecule has 3 rings (SSSR count). The lowest BCUT2D eigenvalue weighted by atomic mass is 9.84. The molecule has 4 heteroatoms. The number of fused-ring (bicyclic) bond motifs is 2. The molecular formula is C11H8O3S. The van der Waals surface area contributed by atoms with E-state index in [1.165, 1.54) is 4.88 Å². The summed E-state index contributed by atoms with van der Waals surface area (Å²) >= 11 is 1.63. The van der Waals surface area contributed by atoms with Gasteiger partial charge in [0.05, 0.1) is 11.5 Å². The molecule has 1 aliphatic heterocycles. The van der Waals surface area contributed by atoms with Gasteiger partial charge in [0.1, 0.15) is 0 Å². The summed E-state index contributed by atoms with van der Waals surface area (Å²) in [6, 6.07) is 1.99. The van der Waals surface area contributed by atoms with Crippen LogP contribution in [-0.2, 0) is 20.7 Å². The SMILES string of the molecule is CC1=C2C(=O)OC(=O)C2Cc2sccc21. The third-order valence-corrected chi connectivity index (χ3v) is 3.93. The lowest BCUT2D eigenvalue weighted by molar-refractivity contribution is -0.152. The molecule has 76 valence electrons. The Morgan fingerprint density at radius 3 is 3.07 bits per heavy atom. The molecular weight excluding hydrogens is 212 g/mol. The molecule has 2 aliphatic rings. The number of rotatable bonds is 0. The van der Waals surface area contributed by atoms with Crippen LogP contribution in [-0.4, -0.2) is 11.9 Å². The molecule has 0 spiro atoms. The summed E-state index contributed by atoms with van der Waals surface area (Å²) in [7, 11) is 0. The maximum absolute atomic E-state index is 11.5. The lowest BCUT2D eigenvalue weighted by Gasteiger charge is -2.16. The number of hydrogen-bond donors (Lipinski definition) is 0. The number of carbonyl (C=O) groups is 2. The second-order valence-electron chi connectivity index (χ2n) is 3.76. The van der Waals surface area contributed by atoms with Gasteiger partial charge in [-0.05, 0) is 29.5 Å². The first kappa shape index (κ1) is 8.85. The number of ether oxygens (including phenoxy) is 1. The largest absolute Gasteiger partial charge is 0.389 e. The van der Waals surface area contributed by atoms with E-state index in [-0.39, 0.29) is 5.92 Å². The summed E-state index contributed by atoms with van der Waals surface area (Å²) < 4.78 is 4.65. The van der Waals surface area contributed by atoms with E-state index in [0.29, 0.717) is 12.0 Å². The molecule has 0 bridgehead atoms. The fourth-order valence-corrected chi connectivity index (χ4v) is 3.22. The minimum absolute atomic E-state index is 0.358. The van der Waals surface area contributed by atoms with Crippen LogP contribution in [0.2, 0.25) is 0 Å². The van der Waals surface area contributed by atoms with Gasteiger partial charge in [0.2, 0.25) is 0 Å². The Bertz CT molecular complexity index is 510. The van der Waals surface area contributed by atoms with Gasteiger partial charge in [0.25, 0.3) is 0 Å². The number of esters is 2. The molecule has 0 amide bonds. The average Bonchev–Trinajstić information content (AvgIpc) is 2.73. The zero-order valence-electron chi connectivity index (χ0n) is 8.07. The first-order valence-electron chi connectivity index (χ1n) is 4.72. The third-order valence-electron chi connectivity index (χ3n) is 2.99. The highest BCUT2D eigenvalue weighted by Gasteiger charge is 2.43. The first-order valence-corrected chi connectivity index (χ1v) is 5.60. The zero-order valence-corrected chi connectivity index (χ0v) is 8.89. The van der Waals surface area contributed by atoms with Crippen LogP contribution in [0.25, 0.3) is 5.57 Å². The Balaban J connectivity index is 2.25. The zero-order chi connectivity index (χ0) is 10.6. The molecule has 1 atom stereocenters. The Kier molecular flexibility index (Phi) is 1.65. The van der Waals surface area contributed by atoms with Crippen molar-refractivity contribution < 1.29 is 14.3 Å².